The number of carbonyl (C=O) groups excluding carboxylic acids is 2. The van der Waals surface area contributed by atoms with Gasteiger partial charge in [-0.25, -0.2) is 9.59 Å². The molecule has 0 N–H and O–H groups in total. The van der Waals surface area contributed by atoms with Crippen LogP contribution in [0.15, 0.2) is 25.3 Å². The third-order valence-electron chi connectivity index (χ3n) is 2.26. The molecule has 0 bridgehead atoms. The summed E-state index contributed by atoms with van der Waals surface area (Å²) in [5, 5.41) is 0. The molecule has 0 amide bonds. The molecule has 0 aliphatic heterocycles. The van der Waals surface area contributed by atoms with E-state index in [1.54, 1.807) is 0 Å². The van der Waals surface area contributed by atoms with Crippen molar-refractivity contribution in [1.82, 2.24) is 0 Å². The molecule has 2 atom stereocenters. The van der Waals surface area contributed by atoms with Crippen LogP contribution in [0.25, 0.3) is 0 Å². The summed E-state index contributed by atoms with van der Waals surface area (Å²) in [5.74, 6) is -0.969. The molecular weight excluding hydrogens is 196 g/mol. The SMILES string of the molecule is C=CC(=O)OC1CCCC1OC(=O)C=C. The largest absolute Gasteiger partial charge is 0.455 e. The van der Waals surface area contributed by atoms with Gasteiger partial charge in [0.25, 0.3) is 0 Å². The van der Waals surface area contributed by atoms with Crippen LogP contribution in [0.2, 0.25) is 0 Å². The first-order chi connectivity index (χ1) is 7.17. The molecule has 0 aromatic heterocycles. The van der Waals surface area contributed by atoms with Gasteiger partial charge < -0.3 is 9.47 Å². The number of hydrogen-bond donors (Lipinski definition) is 0. The maximum atomic E-state index is 11.0. The third-order valence-corrected chi connectivity index (χ3v) is 2.26. The van der Waals surface area contributed by atoms with Crippen LogP contribution in [0.1, 0.15) is 19.3 Å². The second-order valence-electron chi connectivity index (χ2n) is 3.29. The molecule has 1 rings (SSSR count). The summed E-state index contributed by atoms with van der Waals surface area (Å²) >= 11 is 0. The van der Waals surface area contributed by atoms with Crippen molar-refractivity contribution >= 4 is 11.9 Å². The van der Waals surface area contributed by atoms with Crippen LogP contribution in [0.5, 0.6) is 0 Å². The number of hydrogen-bond acceptors (Lipinski definition) is 4. The molecule has 0 saturated heterocycles. The van der Waals surface area contributed by atoms with Crippen molar-refractivity contribution < 1.29 is 19.1 Å². The van der Waals surface area contributed by atoms with E-state index in [9.17, 15) is 9.59 Å². The molecule has 0 spiro atoms. The highest BCUT2D eigenvalue weighted by Crippen LogP contribution is 2.25. The Morgan fingerprint density at radius 3 is 1.73 bits per heavy atom. The Morgan fingerprint density at radius 2 is 1.40 bits per heavy atom. The van der Waals surface area contributed by atoms with Gasteiger partial charge in [0.15, 0.2) is 0 Å². The Morgan fingerprint density at radius 1 is 1.00 bits per heavy atom. The zero-order valence-corrected chi connectivity index (χ0v) is 8.48. The summed E-state index contributed by atoms with van der Waals surface area (Å²) in [6.45, 7) is 6.61. The van der Waals surface area contributed by atoms with Crippen LogP contribution in [0.4, 0.5) is 0 Å². The molecule has 2 unspecified atom stereocenters. The van der Waals surface area contributed by atoms with Gasteiger partial charge in [-0.05, 0) is 19.3 Å². The molecule has 1 aliphatic rings. The van der Waals surface area contributed by atoms with Gasteiger partial charge in [0, 0.05) is 12.2 Å². The van der Waals surface area contributed by atoms with E-state index in [1.807, 2.05) is 0 Å². The van der Waals surface area contributed by atoms with Crippen LogP contribution >= 0.6 is 0 Å². The fourth-order valence-electron chi connectivity index (χ4n) is 1.56. The first kappa shape index (κ1) is 11.5. The highest BCUT2D eigenvalue weighted by molar-refractivity contribution is 5.82. The molecule has 0 aromatic rings. The van der Waals surface area contributed by atoms with Crippen LogP contribution in [0.3, 0.4) is 0 Å². The summed E-state index contributed by atoms with van der Waals surface area (Å²) in [6, 6.07) is 0. The minimum atomic E-state index is -0.485. The maximum Gasteiger partial charge on any atom is 0.330 e. The standard InChI is InChI=1S/C11H14O4/c1-3-10(12)14-8-6-5-7-9(8)15-11(13)4-2/h3-4,8-9H,1-2,5-7H2. The Bertz CT molecular complexity index is 254. The van der Waals surface area contributed by atoms with Crippen molar-refractivity contribution in [2.75, 3.05) is 0 Å². The van der Waals surface area contributed by atoms with E-state index in [2.05, 4.69) is 13.2 Å². The number of carbonyl (C=O) groups is 2. The van der Waals surface area contributed by atoms with E-state index in [0.717, 1.165) is 18.6 Å². The highest BCUT2D eigenvalue weighted by Gasteiger charge is 2.32. The first-order valence-electron chi connectivity index (χ1n) is 4.83. The van der Waals surface area contributed by atoms with E-state index in [1.165, 1.54) is 0 Å². The summed E-state index contributed by atoms with van der Waals surface area (Å²) in [6.07, 6.45) is 3.82. The zero-order valence-electron chi connectivity index (χ0n) is 8.48. The molecular formula is C11H14O4. The van der Waals surface area contributed by atoms with Gasteiger partial charge in [0.05, 0.1) is 0 Å². The van der Waals surface area contributed by atoms with Gasteiger partial charge in [-0.3, -0.25) is 0 Å². The topological polar surface area (TPSA) is 52.6 Å². The van der Waals surface area contributed by atoms with Crippen molar-refractivity contribution in [2.45, 2.75) is 31.5 Å². The molecule has 1 fully saturated rings. The van der Waals surface area contributed by atoms with Gasteiger partial charge in [0.2, 0.25) is 0 Å². The summed E-state index contributed by atoms with van der Waals surface area (Å²) in [5.41, 5.74) is 0. The number of rotatable bonds is 4. The Kier molecular flexibility index (Phi) is 4.09. The minimum absolute atomic E-state index is 0.348. The molecule has 1 aliphatic carbocycles. The minimum Gasteiger partial charge on any atom is -0.455 e. The van der Waals surface area contributed by atoms with Crippen LogP contribution < -0.4 is 0 Å². The average Bonchev–Trinajstić information content (AvgIpc) is 2.65. The van der Waals surface area contributed by atoms with Crippen molar-refractivity contribution in [1.29, 1.82) is 0 Å². The van der Waals surface area contributed by atoms with E-state index in [-0.39, 0.29) is 12.2 Å². The maximum absolute atomic E-state index is 11.0. The smallest absolute Gasteiger partial charge is 0.330 e. The van der Waals surface area contributed by atoms with Gasteiger partial charge >= 0.3 is 11.9 Å². The second kappa shape index (κ2) is 5.34. The Balaban J connectivity index is 2.49. The van der Waals surface area contributed by atoms with Gasteiger partial charge in [-0.1, -0.05) is 13.2 Å². The van der Waals surface area contributed by atoms with Crippen molar-refractivity contribution in [3.63, 3.8) is 0 Å². The molecule has 0 radical (unpaired) electrons. The third kappa shape index (κ3) is 3.23. The highest BCUT2D eigenvalue weighted by atomic mass is 16.6. The predicted octanol–water partition coefficient (Wildman–Crippen LogP) is 1.37. The lowest BCUT2D eigenvalue weighted by atomic mass is 10.2. The lowest BCUT2D eigenvalue weighted by Gasteiger charge is -2.18. The first-order valence-corrected chi connectivity index (χ1v) is 4.83. The van der Waals surface area contributed by atoms with Crippen LogP contribution in [-0.2, 0) is 19.1 Å². The lowest BCUT2D eigenvalue weighted by Crippen LogP contribution is -2.29. The average molecular weight is 210 g/mol. The summed E-state index contributed by atoms with van der Waals surface area (Å²) in [4.78, 5) is 21.9. The van der Waals surface area contributed by atoms with Crippen molar-refractivity contribution in [3.05, 3.63) is 25.3 Å². The molecule has 1 saturated carbocycles. The van der Waals surface area contributed by atoms with Crippen molar-refractivity contribution in [2.24, 2.45) is 0 Å². The molecule has 4 heteroatoms. The van der Waals surface area contributed by atoms with Gasteiger partial charge in [-0.15, -0.1) is 0 Å². The Labute approximate surface area is 88.6 Å². The Hall–Kier alpha value is -1.58. The van der Waals surface area contributed by atoms with Gasteiger partial charge in [0.1, 0.15) is 12.2 Å². The normalized spacial score (nSPS) is 24.3. The molecule has 82 valence electrons. The monoisotopic (exact) mass is 210 g/mol. The van der Waals surface area contributed by atoms with Crippen LogP contribution in [-0.4, -0.2) is 24.1 Å². The fraction of sp³-hybridized carbons (Fsp3) is 0.455. The molecule has 0 heterocycles. The van der Waals surface area contributed by atoms with Crippen molar-refractivity contribution in [3.8, 4) is 0 Å². The summed E-state index contributed by atoms with van der Waals surface area (Å²) in [7, 11) is 0. The number of esters is 2. The van der Waals surface area contributed by atoms with Crippen LogP contribution in [0, 0.1) is 0 Å². The zero-order chi connectivity index (χ0) is 11.3. The van der Waals surface area contributed by atoms with E-state index < -0.39 is 11.9 Å². The van der Waals surface area contributed by atoms with E-state index in [4.69, 9.17) is 9.47 Å². The number of ether oxygens (including phenoxy) is 2. The quantitative estimate of drug-likeness (QED) is 0.519. The van der Waals surface area contributed by atoms with E-state index in [0.29, 0.717) is 12.8 Å². The fourth-order valence-corrected chi connectivity index (χ4v) is 1.56. The second-order valence-corrected chi connectivity index (χ2v) is 3.29. The molecule has 4 nitrogen and oxygen atoms in total. The molecule has 0 aromatic carbocycles. The summed E-state index contributed by atoms with van der Waals surface area (Å²) < 4.78 is 10.1. The van der Waals surface area contributed by atoms with E-state index >= 15 is 0 Å². The lowest BCUT2D eigenvalue weighted by molar-refractivity contribution is -0.158. The predicted molar refractivity (Wildman–Crippen MR) is 54.0 cm³/mol. The van der Waals surface area contributed by atoms with Gasteiger partial charge in [-0.2, -0.15) is 0 Å². The molecule has 15 heavy (non-hydrogen) atoms.